The Labute approximate surface area is 122 Å². The van der Waals surface area contributed by atoms with Crippen LogP contribution >= 0.6 is 15.9 Å². The van der Waals surface area contributed by atoms with Gasteiger partial charge >= 0.3 is 0 Å². The normalized spacial score (nSPS) is 22.1. The predicted molar refractivity (Wildman–Crippen MR) is 75.0 cm³/mol. The van der Waals surface area contributed by atoms with Gasteiger partial charge in [0, 0.05) is 20.1 Å². The molecule has 0 saturated carbocycles. The fourth-order valence-corrected chi connectivity index (χ4v) is 4.90. The second-order valence-corrected chi connectivity index (χ2v) is 8.63. The van der Waals surface area contributed by atoms with Gasteiger partial charge in [-0.3, -0.25) is 0 Å². The first-order chi connectivity index (χ1) is 8.64. The molecule has 1 saturated heterocycles. The molecule has 19 heavy (non-hydrogen) atoms. The molecule has 0 amide bonds. The maximum Gasteiger partial charge on any atom is 0.263 e. The van der Waals surface area contributed by atoms with E-state index in [9.17, 15) is 8.42 Å². The van der Waals surface area contributed by atoms with Crippen molar-refractivity contribution in [1.82, 2.24) is 19.3 Å². The Balaban J connectivity index is 2.29. The first kappa shape index (κ1) is 14.9. The van der Waals surface area contributed by atoms with Crippen LogP contribution in [0.15, 0.2) is 9.63 Å². The topological polar surface area (TPSA) is 68.1 Å². The summed E-state index contributed by atoms with van der Waals surface area (Å²) in [5.41, 5.74) is 0.117. The second kappa shape index (κ2) is 4.82. The van der Waals surface area contributed by atoms with E-state index in [0.717, 1.165) is 6.42 Å². The molecule has 108 valence electrons. The number of aryl methyl sites for hydroxylation is 1. The van der Waals surface area contributed by atoms with Crippen LogP contribution in [-0.4, -0.2) is 40.8 Å². The average molecular weight is 351 g/mol. The molecule has 0 bridgehead atoms. The first-order valence-electron chi connectivity index (χ1n) is 6.19. The Morgan fingerprint density at radius 1 is 1.37 bits per heavy atom. The van der Waals surface area contributed by atoms with Crippen LogP contribution in [0.3, 0.4) is 0 Å². The summed E-state index contributed by atoms with van der Waals surface area (Å²) < 4.78 is 28.3. The lowest BCUT2D eigenvalue weighted by atomic mass is 9.80. The quantitative estimate of drug-likeness (QED) is 0.812. The minimum absolute atomic E-state index is 0.117. The van der Waals surface area contributed by atoms with Crippen molar-refractivity contribution in [2.24, 2.45) is 18.4 Å². The summed E-state index contributed by atoms with van der Waals surface area (Å²) in [7, 11) is -1.94. The van der Waals surface area contributed by atoms with E-state index in [2.05, 4.69) is 47.0 Å². The van der Waals surface area contributed by atoms with Gasteiger partial charge in [0.2, 0.25) is 5.03 Å². The van der Waals surface area contributed by atoms with E-state index >= 15 is 0 Å². The van der Waals surface area contributed by atoms with E-state index in [1.807, 2.05) is 0 Å². The zero-order valence-corrected chi connectivity index (χ0v) is 14.0. The summed E-state index contributed by atoms with van der Waals surface area (Å²) >= 11 is 3.15. The third kappa shape index (κ3) is 2.71. The zero-order valence-electron chi connectivity index (χ0n) is 11.6. The lowest BCUT2D eigenvalue weighted by Gasteiger charge is -2.26. The van der Waals surface area contributed by atoms with Crippen molar-refractivity contribution in [3.8, 4) is 0 Å². The predicted octanol–water partition coefficient (Wildman–Crippen LogP) is 1.63. The lowest BCUT2D eigenvalue weighted by Crippen LogP contribution is -2.32. The smallest absolute Gasteiger partial charge is 0.235 e. The van der Waals surface area contributed by atoms with Crippen LogP contribution in [0.1, 0.15) is 27.2 Å². The molecule has 1 aliphatic heterocycles. The van der Waals surface area contributed by atoms with Gasteiger partial charge in [-0.25, -0.2) is 13.1 Å². The van der Waals surface area contributed by atoms with Gasteiger partial charge in [-0.15, -0.1) is 5.10 Å². The van der Waals surface area contributed by atoms with Gasteiger partial charge in [0.1, 0.15) is 0 Å². The standard InChI is InChI=1S/C11H19BrN4O2S/c1-11(2,3)8-5-6-16(7-8)19(17,18)10-9(12)13-14-15(10)4/h8H,5-7H2,1-4H3. The van der Waals surface area contributed by atoms with Crippen LogP contribution < -0.4 is 0 Å². The molecule has 1 aromatic rings. The molecule has 1 unspecified atom stereocenters. The summed E-state index contributed by atoms with van der Waals surface area (Å²) in [4.78, 5) is 0. The number of rotatable bonds is 2. The molecule has 0 radical (unpaired) electrons. The Morgan fingerprint density at radius 2 is 2.00 bits per heavy atom. The second-order valence-electron chi connectivity index (χ2n) is 6.02. The highest BCUT2D eigenvalue weighted by Crippen LogP contribution is 2.36. The Bertz CT molecular complexity index is 557. The summed E-state index contributed by atoms with van der Waals surface area (Å²) in [5, 5.41) is 7.61. The maximum absolute atomic E-state index is 12.6. The third-order valence-corrected chi connectivity index (χ3v) is 6.45. The van der Waals surface area contributed by atoms with Crippen molar-refractivity contribution >= 4 is 26.0 Å². The van der Waals surface area contributed by atoms with Gasteiger partial charge in [0.05, 0.1) is 0 Å². The average Bonchev–Trinajstić information content (AvgIpc) is 2.84. The largest absolute Gasteiger partial charge is 0.263 e. The van der Waals surface area contributed by atoms with Crippen LogP contribution in [0.25, 0.3) is 0 Å². The molecule has 0 aliphatic carbocycles. The van der Waals surface area contributed by atoms with Crippen molar-refractivity contribution in [3.63, 3.8) is 0 Å². The van der Waals surface area contributed by atoms with E-state index in [1.165, 1.54) is 8.99 Å². The van der Waals surface area contributed by atoms with E-state index in [0.29, 0.717) is 19.0 Å². The molecule has 2 rings (SSSR count). The highest BCUT2D eigenvalue weighted by Gasteiger charge is 2.39. The summed E-state index contributed by atoms with van der Waals surface area (Å²) in [5.74, 6) is 0.377. The number of sulfonamides is 1. The van der Waals surface area contributed by atoms with Crippen molar-refractivity contribution in [2.75, 3.05) is 13.1 Å². The number of aromatic nitrogens is 3. The fourth-order valence-electron chi connectivity index (χ4n) is 2.37. The van der Waals surface area contributed by atoms with Gasteiger partial charge in [-0.1, -0.05) is 26.0 Å². The van der Waals surface area contributed by atoms with Crippen LogP contribution in [-0.2, 0) is 17.1 Å². The van der Waals surface area contributed by atoms with Crippen molar-refractivity contribution < 1.29 is 8.42 Å². The molecule has 0 N–H and O–H groups in total. The van der Waals surface area contributed by atoms with Crippen LogP contribution in [0.5, 0.6) is 0 Å². The van der Waals surface area contributed by atoms with Gasteiger partial charge in [0.15, 0.2) is 4.60 Å². The summed E-state index contributed by atoms with van der Waals surface area (Å²) in [6, 6.07) is 0. The fraction of sp³-hybridized carbons (Fsp3) is 0.818. The molecule has 6 nitrogen and oxygen atoms in total. The Kier molecular flexibility index (Phi) is 3.79. The van der Waals surface area contributed by atoms with E-state index in [1.54, 1.807) is 7.05 Å². The van der Waals surface area contributed by atoms with Crippen molar-refractivity contribution in [3.05, 3.63) is 4.60 Å². The van der Waals surface area contributed by atoms with Gasteiger partial charge in [-0.2, -0.15) is 4.31 Å². The number of nitrogens with zero attached hydrogens (tertiary/aromatic N) is 4. The van der Waals surface area contributed by atoms with Crippen molar-refractivity contribution in [1.29, 1.82) is 0 Å². The highest BCUT2D eigenvalue weighted by atomic mass is 79.9. The van der Waals surface area contributed by atoms with Crippen molar-refractivity contribution in [2.45, 2.75) is 32.2 Å². The lowest BCUT2D eigenvalue weighted by molar-refractivity contribution is 0.251. The molecule has 0 aromatic carbocycles. The van der Waals surface area contributed by atoms with Crippen LogP contribution in [0.4, 0.5) is 0 Å². The third-order valence-electron chi connectivity index (χ3n) is 3.70. The molecule has 1 atom stereocenters. The molecule has 2 heterocycles. The van der Waals surface area contributed by atoms with Gasteiger partial charge in [0.25, 0.3) is 10.0 Å². The minimum atomic E-state index is -3.53. The molecule has 8 heteroatoms. The number of halogens is 1. The minimum Gasteiger partial charge on any atom is -0.235 e. The summed E-state index contributed by atoms with van der Waals surface area (Å²) in [6.45, 7) is 7.56. The van der Waals surface area contributed by atoms with E-state index < -0.39 is 10.0 Å². The SMILES string of the molecule is Cn1nnc(Br)c1S(=O)(=O)N1CCC(C(C)(C)C)C1. The molecular formula is C11H19BrN4O2S. The monoisotopic (exact) mass is 350 g/mol. The summed E-state index contributed by atoms with van der Waals surface area (Å²) in [6.07, 6.45) is 0.894. The molecule has 0 spiro atoms. The van der Waals surface area contributed by atoms with E-state index in [-0.39, 0.29) is 15.0 Å². The highest BCUT2D eigenvalue weighted by molar-refractivity contribution is 9.10. The number of hydrogen-bond acceptors (Lipinski definition) is 4. The Hall–Kier alpha value is -0.470. The zero-order chi connectivity index (χ0) is 14.4. The Morgan fingerprint density at radius 3 is 2.42 bits per heavy atom. The first-order valence-corrected chi connectivity index (χ1v) is 8.42. The van der Waals surface area contributed by atoms with Crippen LogP contribution in [0.2, 0.25) is 0 Å². The molecule has 1 fully saturated rings. The van der Waals surface area contributed by atoms with Gasteiger partial charge < -0.3 is 0 Å². The van der Waals surface area contributed by atoms with Gasteiger partial charge in [-0.05, 0) is 33.7 Å². The van der Waals surface area contributed by atoms with Crippen LogP contribution in [0, 0.1) is 11.3 Å². The van der Waals surface area contributed by atoms with E-state index in [4.69, 9.17) is 0 Å². The number of hydrogen-bond donors (Lipinski definition) is 0. The maximum atomic E-state index is 12.6. The molecular weight excluding hydrogens is 332 g/mol. The molecule has 1 aliphatic rings. The molecule has 1 aromatic heterocycles.